The van der Waals surface area contributed by atoms with E-state index in [9.17, 15) is 20.1 Å². The van der Waals surface area contributed by atoms with Crippen molar-refractivity contribution in [1.82, 2.24) is 5.32 Å². The number of hydrogen-bond acceptors (Lipinski definition) is 4. The summed E-state index contributed by atoms with van der Waals surface area (Å²) in [5, 5.41) is 33.4. The Kier molecular flexibility index (Phi) is 36.6. The third kappa shape index (κ3) is 31.9. The van der Waals surface area contributed by atoms with Crippen LogP contribution in [0.4, 0.5) is 0 Å². The van der Waals surface area contributed by atoms with Crippen molar-refractivity contribution in [3.05, 3.63) is 0 Å². The van der Waals surface area contributed by atoms with Crippen molar-refractivity contribution in [3.63, 3.8) is 0 Å². The van der Waals surface area contributed by atoms with Crippen LogP contribution in [0.3, 0.4) is 0 Å². The first-order chi connectivity index (χ1) is 22.6. The van der Waals surface area contributed by atoms with Gasteiger partial charge in [-0.05, 0) is 12.8 Å². The maximum atomic E-state index is 12.3. The van der Waals surface area contributed by atoms with Gasteiger partial charge in [-0.25, -0.2) is 0 Å². The number of unbranched alkanes of at least 4 members (excludes halogenated alkanes) is 30. The number of amides is 1. The summed E-state index contributed by atoms with van der Waals surface area (Å²) >= 11 is 0. The molecule has 0 saturated heterocycles. The molecule has 46 heavy (non-hydrogen) atoms. The average Bonchev–Trinajstić information content (AvgIpc) is 3.06. The lowest BCUT2D eigenvalue weighted by molar-refractivity contribution is -0.124. The molecule has 0 rings (SSSR count). The first-order valence-corrected chi connectivity index (χ1v) is 20.8. The Hall–Kier alpha value is -0.650. The number of aliphatic hydroxyl groups excluding tert-OH is 3. The minimum Gasteiger partial charge on any atom is -0.394 e. The van der Waals surface area contributed by atoms with Crippen LogP contribution >= 0.6 is 0 Å². The molecule has 3 atom stereocenters. The molecule has 276 valence electrons. The van der Waals surface area contributed by atoms with Gasteiger partial charge in [-0.15, -0.1) is 0 Å². The summed E-state index contributed by atoms with van der Waals surface area (Å²) in [4.78, 5) is 12.3. The van der Waals surface area contributed by atoms with Gasteiger partial charge in [-0.3, -0.25) is 4.79 Å². The molecule has 0 aromatic heterocycles. The van der Waals surface area contributed by atoms with Crippen molar-refractivity contribution in [2.24, 2.45) is 0 Å². The molecule has 0 radical (unpaired) electrons. The van der Waals surface area contributed by atoms with E-state index < -0.39 is 18.2 Å². The van der Waals surface area contributed by atoms with E-state index in [0.717, 1.165) is 32.1 Å². The highest BCUT2D eigenvalue weighted by molar-refractivity contribution is 5.76. The van der Waals surface area contributed by atoms with Gasteiger partial charge in [0.25, 0.3) is 0 Å². The van der Waals surface area contributed by atoms with E-state index in [-0.39, 0.29) is 12.5 Å². The molecular formula is C41H83NO4. The van der Waals surface area contributed by atoms with E-state index in [2.05, 4.69) is 19.2 Å². The summed E-state index contributed by atoms with van der Waals surface area (Å²) in [5.74, 6) is -0.143. The van der Waals surface area contributed by atoms with Gasteiger partial charge in [-0.1, -0.05) is 213 Å². The van der Waals surface area contributed by atoms with Crippen molar-refractivity contribution in [2.75, 3.05) is 6.61 Å². The number of hydrogen-bond donors (Lipinski definition) is 4. The second kappa shape index (κ2) is 37.2. The van der Waals surface area contributed by atoms with Crippen LogP contribution in [0.25, 0.3) is 0 Å². The molecule has 0 heterocycles. The van der Waals surface area contributed by atoms with Gasteiger partial charge in [0, 0.05) is 6.42 Å². The normalized spacial score (nSPS) is 13.6. The molecule has 4 N–H and O–H groups in total. The van der Waals surface area contributed by atoms with Gasteiger partial charge in [0.05, 0.1) is 18.8 Å². The van der Waals surface area contributed by atoms with Crippen LogP contribution in [-0.4, -0.2) is 46.1 Å². The number of carbonyl (C=O) groups excluding carboxylic acids is 1. The van der Waals surface area contributed by atoms with E-state index in [1.807, 2.05) is 0 Å². The smallest absolute Gasteiger partial charge is 0.220 e. The van der Waals surface area contributed by atoms with Crippen LogP contribution in [0, 0.1) is 0 Å². The Morgan fingerprint density at radius 1 is 0.457 bits per heavy atom. The summed E-state index contributed by atoms with van der Waals surface area (Å²) in [6.45, 7) is 4.18. The molecule has 3 unspecified atom stereocenters. The van der Waals surface area contributed by atoms with Crippen molar-refractivity contribution in [2.45, 2.75) is 250 Å². The van der Waals surface area contributed by atoms with E-state index >= 15 is 0 Å². The maximum Gasteiger partial charge on any atom is 0.220 e. The Morgan fingerprint density at radius 3 is 1.04 bits per heavy atom. The second-order valence-corrected chi connectivity index (χ2v) is 14.6. The highest BCUT2D eigenvalue weighted by atomic mass is 16.3. The lowest BCUT2D eigenvalue weighted by Crippen LogP contribution is -2.50. The predicted octanol–water partition coefficient (Wildman–Crippen LogP) is 11.5. The summed E-state index contributed by atoms with van der Waals surface area (Å²) < 4.78 is 0. The molecule has 0 fully saturated rings. The van der Waals surface area contributed by atoms with Crippen LogP contribution < -0.4 is 5.32 Å². The number of carbonyl (C=O) groups is 1. The molecule has 0 aliphatic carbocycles. The van der Waals surface area contributed by atoms with E-state index in [1.165, 1.54) is 173 Å². The quantitative estimate of drug-likeness (QED) is 0.0499. The SMILES string of the molecule is CCCCCCCCCCCCCCCCCCCCCCCC(O)C(O)C(CO)NC(=O)CCCCCCCCCCCCC. The van der Waals surface area contributed by atoms with Gasteiger partial charge < -0.3 is 20.6 Å². The number of nitrogens with one attached hydrogen (secondary N) is 1. The summed E-state index contributed by atoms with van der Waals surface area (Å²) in [7, 11) is 0. The van der Waals surface area contributed by atoms with Crippen LogP contribution in [0.5, 0.6) is 0 Å². The zero-order chi connectivity index (χ0) is 33.8. The van der Waals surface area contributed by atoms with Gasteiger partial charge in [0.1, 0.15) is 6.10 Å². The molecule has 0 saturated carbocycles. The molecule has 1 amide bonds. The topological polar surface area (TPSA) is 89.8 Å². The first kappa shape index (κ1) is 45.3. The highest BCUT2D eigenvalue weighted by Gasteiger charge is 2.26. The Bertz CT molecular complexity index is 601. The zero-order valence-corrected chi connectivity index (χ0v) is 31.2. The number of aliphatic hydroxyl groups is 3. The molecule has 0 aliphatic heterocycles. The predicted molar refractivity (Wildman–Crippen MR) is 199 cm³/mol. The number of rotatable bonds is 38. The van der Waals surface area contributed by atoms with E-state index in [1.54, 1.807) is 0 Å². The standard InChI is InChI=1S/C41H83NO4/c1-3-5-7-9-11-13-15-16-17-18-19-20-21-22-23-24-26-27-29-31-33-35-39(44)41(46)38(37-43)42-40(45)36-34-32-30-28-25-14-12-10-8-6-4-2/h38-39,41,43-44,46H,3-37H2,1-2H3,(H,42,45). The van der Waals surface area contributed by atoms with Crippen LogP contribution in [0.2, 0.25) is 0 Å². The van der Waals surface area contributed by atoms with Crippen molar-refractivity contribution in [1.29, 1.82) is 0 Å². The van der Waals surface area contributed by atoms with Gasteiger partial charge in [0.15, 0.2) is 0 Å². The Balaban J connectivity index is 3.57. The Labute approximate surface area is 287 Å². The highest BCUT2D eigenvalue weighted by Crippen LogP contribution is 2.17. The van der Waals surface area contributed by atoms with Gasteiger partial charge in [0.2, 0.25) is 5.91 Å². The van der Waals surface area contributed by atoms with E-state index in [0.29, 0.717) is 12.8 Å². The second-order valence-electron chi connectivity index (χ2n) is 14.6. The average molecular weight is 654 g/mol. The van der Waals surface area contributed by atoms with Crippen molar-refractivity contribution >= 4 is 5.91 Å². The van der Waals surface area contributed by atoms with Crippen LogP contribution in [-0.2, 0) is 4.79 Å². The van der Waals surface area contributed by atoms with Crippen LogP contribution in [0.15, 0.2) is 0 Å². The van der Waals surface area contributed by atoms with Crippen molar-refractivity contribution < 1.29 is 20.1 Å². The van der Waals surface area contributed by atoms with Crippen molar-refractivity contribution in [3.8, 4) is 0 Å². The monoisotopic (exact) mass is 654 g/mol. The van der Waals surface area contributed by atoms with Crippen LogP contribution in [0.1, 0.15) is 232 Å². The largest absolute Gasteiger partial charge is 0.394 e. The molecule has 0 aliphatic rings. The lowest BCUT2D eigenvalue weighted by atomic mass is 9.99. The van der Waals surface area contributed by atoms with Gasteiger partial charge >= 0.3 is 0 Å². The Morgan fingerprint density at radius 2 is 0.739 bits per heavy atom. The van der Waals surface area contributed by atoms with Gasteiger partial charge in [-0.2, -0.15) is 0 Å². The molecule has 5 heteroatoms. The molecule has 0 bridgehead atoms. The fourth-order valence-electron chi connectivity index (χ4n) is 6.69. The summed E-state index contributed by atoms with van der Waals surface area (Å²) in [5.41, 5.74) is 0. The third-order valence-electron chi connectivity index (χ3n) is 9.96. The van der Waals surface area contributed by atoms with E-state index in [4.69, 9.17) is 0 Å². The maximum absolute atomic E-state index is 12.3. The molecule has 0 aromatic rings. The fourth-order valence-corrected chi connectivity index (χ4v) is 6.69. The summed E-state index contributed by atoms with van der Waals surface area (Å²) in [6, 6.07) is -0.801. The fraction of sp³-hybridized carbons (Fsp3) is 0.976. The molecular weight excluding hydrogens is 570 g/mol. The molecule has 0 aromatic carbocycles. The minimum atomic E-state index is -1.13. The zero-order valence-electron chi connectivity index (χ0n) is 31.2. The summed E-state index contributed by atoms with van der Waals surface area (Å²) in [6.07, 6.45) is 40.6. The third-order valence-corrected chi connectivity index (χ3v) is 9.96. The molecule has 5 nitrogen and oxygen atoms in total. The molecule has 0 spiro atoms. The first-order valence-electron chi connectivity index (χ1n) is 20.8. The lowest BCUT2D eigenvalue weighted by Gasteiger charge is -2.26. The minimum absolute atomic E-state index is 0.143.